The summed E-state index contributed by atoms with van der Waals surface area (Å²) in [4.78, 5) is 122. The second-order valence-electron chi connectivity index (χ2n) is 41.4. The Morgan fingerprint density at radius 2 is 0.824 bits per heavy atom. The Hall–Kier alpha value is -8.01. The molecular weight excluding hydrogens is 1790 g/mol. The Balaban J connectivity index is -0.000000191. The standard InChI is InChI=1S/C11H22N2.C10H13NO.C10H15N.C8H15N3.C8H18N2O.C8H17NO.C8H17N.C7H16N2O.C7H18N2.2C7H15NO.C5H12N2O.C5H11NO.C5H10O2.C5H10O/c1-10(2)12-13-8-11(9-13)6-4-3-5-7-11;1-8(2)11-10(12)9-6-4-3-5-7-9;1-9(2)11-8-10-6-4-3-5-7-10;1-7(2)10-4-3-8-5-9-6-11-8;1-7(2)9-8(11)5-6-10(3)4;1-4-5-6-8(10)9-7(2)3;1-8(2)9-6-4-3-5-7-9;1-6(2)8-7(10)5-9(3)4;1-7(2)8-5-6-9(3)4;2*1-4-5-7(9)8-6(2)3;1-4(2)7-5(8)6-3;1-4(2)6-5(3)7;1-4(2)5(6)7-3;1-4(2)5(3)6/h10,12H,3-9H2,1-2H3;3-8H,1-2H3,(H,11,12);3-7,9,11H,8H2,1-2H3;5-7,10H,3-4H2,1-2H3,(H,9,11);7H,5-6H2,1-4H3,(H,9,11);7H,4-6H2,1-3H3,(H,9,10);8H,3-7H2,1-2H3;6H,5H2,1-4H3,(H,8,10);7-8H,5-6H2,1-4H3;2*6H,4-5H2,1-3H3,(H,8,9);4H,1-3H3,(H2,6,7,8);4H,1-3H3,(H,6,7);4H,1-3H3;4H,1-3H3. The van der Waals surface area contributed by atoms with E-state index in [0.29, 0.717) is 62.0 Å². The second kappa shape index (κ2) is 100. The molecule has 0 radical (unpaired) electrons. The van der Waals surface area contributed by atoms with Crippen LogP contribution in [0.5, 0.6) is 0 Å². The van der Waals surface area contributed by atoms with Crippen molar-refractivity contribution in [2.45, 2.75) is 437 Å². The number of carbonyl (C=O) groups excluding carboxylic acids is 10. The average Bonchev–Trinajstić information content (AvgIpc) is 0.873. The van der Waals surface area contributed by atoms with E-state index in [0.717, 1.165) is 76.3 Å². The number of nitrogens with zero attached hydrogens (tertiary/aromatic N) is 6. The fourth-order valence-electron chi connectivity index (χ4n) is 11.9. The summed E-state index contributed by atoms with van der Waals surface area (Å²) < 4.78 is 4.37. The van der Waals surface area contributed by atoms with Gasteiger partial charge in [0.25, 0.3) is 5.91 Å². The smallest absolute Gasteiger partial charge is 0.314 e. The van der Waals surface area contributed by atoms with Crippen LogP contribution >= 0.6 is 0 Å². The van der Waals surface area contributed by atoms with E-state index in [1.165, 1.54) is 103 Å². The monoisotopic (exact) mass is 2010 g/mol. The number of imidazole rings is 1. The predicted molar refractivity (Wildman–Crippen MR) is 602 cm³/mol. The number of benzene rings is 2. The van der Waals surface area contributed by atoms with Gasteiger partial charge in [-0.3, -0.25) is 48.6 Å². The van der Waals surface area contributed by atoms with Crippen molar-refractivity contribution >= 4 is 59.1 Å². The molecule has 1 aromatic heterocycles. The van der Waals surface area contributed by atoms with Crippen LogP contribution in [0.4, 0.5) is 4.79 Å². The summed E-state index contributed by atoms with van der Waals surface area (Å²) in [5.74, 6) is 1.07. The molecule has 3 heterocycles. The lowest BCUT2D eigenvalue weighted by molar-refractivity contribution is -0.144. The molecule has 834 valence electrons. The van der Waals surface area contributed by atoms with Crippen LogP contribution in [0.15, 0.2) is 73.2 Å². The van der Waals surface area contributed by atoms with Gasteiger partial charge in [0.05, 0.1) is 25.9 Å². The van der Waals surface area contributed by atoms with E-state index in [9.17, 15) is 47.9 Å². The molecule has 2 aliphatic heterocycles. The molecule has 2 aromatic carbocycles. The van der Waals surface area contributed by atoms with Crippen molar-refractivity contribution in [2.24, 2.45) is 17.3 Å². The zero-order chi connectivity index (χ0) is 111. The summed E-state index contributed by atoms with van der Waals surface area (Å²) in [5.41, 5.74) is 7.46. The Kier molecular flexibility index (Phi) is 107. The van der Waals surface area contributed by atoms with E-state index in [-0.39, 0.29) is 119 Å². The molecule has 3 aliphatic rings. The number of Topliss-reactive ketones (excluding diaryl/α,β-unsaturated/α-hetero) is 1. The number of hydrogen-bond acceptors (Lipinski definition) is 21. The summed E-state index contributed by atoms with van der Waals surface area (Å²) in [6.07, 6.45) is 22.7. The lowest BCUT2D eigenvalue weighted by atomic mass is 9.69. The quantitative estimate of drug-likeness (QED) is 0.0238. The third kappa shape index (κ3) is 124. The molecule has 0 atom stereocenters. The van der Waals surface area contributed by atoms with Crippen molar-refractivity contribution < 1.29 is 52.7 Å². The summed E-state index contributed by atoms with van der Waals surface area (Å²) in [6, 6.07) is 24.7. The number of H-pyrrole nitrogens is 1. The van der Waals surface area contributed by atoms with Crippen molar-refractivity contribution in [3.8, 4) is 0 Å². The van der Waals surface area contributed by atoms with Crippen molar-refractivity contribution in [1.82, 2.24) is 104 Å². The second-order valence-corrected chi connectivity index (χ2v) is 41.4. The third-order valence-electron chi connectivity index (χ3n) is 19.0. The number of amides is 9. The number of aromatic amines is 1. The molecule has 2 saturated heterocycles. The number of unbranched alkanes of at least 4 members (excludes halogenated alkanes) is 1. The van der Waals surface area contributed by atoms with Crippen LogP contribution in [0, 0.1) is 17.3 Å². The first kappa shape index (κ1) is 152. The largest absolute Gasteiger partial charge is 0.469 e. The lowest BCUT2D eigenvalue weighted by Gasteiger charge is -2.53. The van der Waals surface area contributed by atoms with E-state index in [2.05, 4.69) is 213 Å². The highest BCUT2D eigenvalue weighted by Crippen LogP contribution is 2.43. The van der Waals surface area contributed by atoms with Gasteiger partial charge in [-0.2, -0.15) is 0 Å². The summed E-state index contributed by atoms with van der Waals surface area (Å²) in [7, 11) is 14.8. The molecule has 1 aliphatic carbocycles. The number of nitrogens with one attached hydrogen (secondary N) is 14. The van der Waals surface area contributed by atoms with Crippen LogP contribution in [0.25, 0.3) is 0 Å². The molecule has 3 aromatic rings. The molecule has 9 amide bonds. The topological polar surface area (TPSA) is 381 Å². The number of ether oxygens (including phenoxy) is 1. The van der Waals surface area contributed by atoms with Gasteiger partial charge in [0.15, 0.2) is 0 Å². The maximum Gasteiger partial charge on any atom is 0.314 e. The molecule has 142 heavy (non-hydrogen) atoms. The SMILES string of the molecule is CC(=O)C(C)C.CC(=O)NC(C)C.CC(C)N1CCCCC1.CC(C)NC(=O)CCN(C)C.CC(C)NC(=O)CN(C)C.CC(C)NC(=O)c1ccccc1.CC(C)NCCN(C)C.CC(C)NCCc1cnc[nH]1.CC(C)NCc1ccccc1.CC(C)NN1CC2(CCCCC2)C1.CCCC(=O)NC(C)C.CCCC(=O)NC(C)C.CCCCC(=O)NC(C)C.CNC(=O)NC(C)C.COC(=O)C(C)C. The summed E-state index contributed by atoms with van der Waals surface area (Å²) in [6.45, 7) is 80.5. The van der Waals surface area contributed by atoms with Gasteiger partial charge in [0.1, 0.15) is 5.78 Å². The number of likely N-dealkylation sites (tertiary alicyclic amines) is 1. The van der Waals surface area contributed by atoms with E-state index >= 15 is 0 Å². The highest BCUT2D eigenvalue weighted by atomic mass is 16.5. The molecule has 1 saturated carbocycles. The summed E-state index contributed by atoms with van der Waals surface area (Å²) in [5, 5.41) is 37.1. The number of esters is 1. The zero-order valence-corrected chi connectivity index (χ0v) is 98.9. The molecule has 1 spiro atoms. The average molecular weight is 2020 g/mol. The lowest BCUT2D eigenvalue weighted by Crippen LogP contribution is -2.63. The van der Waals surface area contributed by atoms with Crippen molar-refractivity contribution in [3.63, 3.8) is 0 Å². The first-order chi connectivity index (χ1) is 66.1. The first-order valence-corrected chi connectivity index (χ1v) is 53.1. The number of methoxy groups -OCH3 is 1. The normalized spacial score (nSPS) is 12.5. The molecule has 14 N–H and O–H groups in total. The predicted octanol–water partition coefficient (Wildman–Crippen LogP) is 17.3. The Bertz CT molecular complexity index is 3350. The van der Waals surface area contributed by atoms with E-state index in [1.54, 1.807) is 46.3 Å². The maximum absolute atomic E-state index is 11.3. The molecule has 0 bridgehead atoms. The van der Waals surface area contributed by atoms with Crippen molar-refractivity contribution in [1.29, 1.82) is 0 Å². The zero-order valence-electron chi connectivity index (χ0n) is 98.9. The van der Waals surface area contributed by atoms with Gasteiger partial charge in [-0.1, -0.05) is 171 Å². The fourth-order valence-corrected chi connectivity index (χ4v) is 11.9. The van der Waals surface area contributed by atoms with Crippen LogP contribution in [0.1, 0.15) is 367 Å². The number of piperidine rings is 1. The number of hydrazine groups is 1. The molecule has 0 unspecified atom stereocenters. The Morgan fingerprint density at radius 1 is 0.430 bits per heavy atom. The van der Waals surface area contributed by atoms with Gasteiger partial charge >= 0.3 is 12.0 Å². The van der Waals surface area contributed by atoms with Gasteiger partial charge in [0, 0.05) is 194 Å². The highest BCUT2D eigenvalue weighted by molar-refractivity contribution is 5.94. The van der Waals surface area contributed by atoms with Crippen LogP contribution in [0.3, 0.4) is 0 Å². The highest BCUT2D eigenvalue weighted by Gasteiger charge is 2.43. The molecule has 31 nitrogen and oxygen atoms in total. The van der Waals surface area contributed by atoms with Crippen LogP contribution in [-0.4, -0.2) is 288 Å². The number of carbonyl (C=O) groups is 10. The van der Waals surface area contributed by atoms with Crippen LogP contribution in [0.2, 0.25) is 0 Å². The fraction of sp³-hybridized carbons (Fsp3) is 0.775. The Labute approximate surface area is 870 Å². The minimum Gasteiger partial charge on any atom is -0.469 e. The van der Waals surface area contributed by atoms with Gasteiger partial charge in [-0.25, -0.2) is 14.8 Å². The number of ketones is 1. The number of likely N-dealkylation sites (N-methyl/N-ethyl adjacent to an activating group) is 2. The Morgan fingerprint density at radius 3 is 1.13 bits per heavy atom. The molecule has 31 heteroatoms. The van der Waals surface area contributed by atoms with Crippen molar-refractivity contribution in [2.75, 3.05) is 115 Å². The number of urea groups is 1. The first-order valence-electron chi connectivity index (χ1n) is 53.1. The van der Waals surface area contributed by atoms with Gasteiger partial charge in [-0.05, 0) is 269 Å². The van der Waals surface area contributed by atoms with E-state index in [1.807, 2.05) is 207 Å². The van der Waals surface area contributed by atoms with Crippen LogP contribution < -0.4 is 69.2 Å². The van der Waals surface area contributed by atoms with Gasteiger partial charge in [0.2, 0.25) is 35.4 Å². The van der Waals surface area contributed by atoms with Crippen molar-refractivity contribution in [3.05, 3.63) is 90.0 Å². The van der Waals surface area contributed by atoms with Gasteiger partial charge < -0.3 is 93.1 Å². The number of aromatic nitrogens is 2. The number of rotatable bonds is 37. The van der Waals surface area contributed by atoms with E-state index < -0.39 is 0 Å². The van der Waals surface area contributed by atoms with E-state index in [4.69, 9.17) is 0 Å². The van der Waals surface area contributed by atoms with Crippen LogP contribution in [-0.2, 0) is 56.1 Å². The molecular formula is C111H224N20O11. The van der Waals surface area contributed by atoms with Gasteiger partial charge in [-0.15, -0.1) is 0 Å². The number of hydrogen-bond donors (Lipinski definition) is 14. The molecule has 6 rings (SSSR count). The minimum absolute atomic E-state index is 0.00463. The summed E-state index contributed by atoms with van der Waals surface area (Å²) >= 11 is 0. The minimum atomic E-state index is -0.153. The maximum atomic E-state index is 11.3. The molecule has 3 fully saturated rings. The third-order valence-corrected chi connectivity index (χ3v) is 19.0.